The topological polar surface area (TPSA) is 83.1 Å². The van der Waals surface area contributed by atoms with Crippen LogP contribution < -0.4 is 5.90 Å². The molecule has 0 bridgehead atoms. The molecule has 0 amide bonds. The molecule has 1 atom stereocenters. The molecule has 0 aliphatic rings. The van der Waals surface area contributed by atoms with Gasteiger partial charge in [-0.1, -0.05) is 19.8 Å². The summed E-state index contributed by atoms with van der Waals surface area (Å²) in [5, 5.41) is 0. The lowest BCUT2D eigenvalue weighted by molar-refractivity contribution is -0.640. The highest BCUT2D eigenvalue weighted by atomic mass is 32.3. The molecule has 11 heavy (non-hydrogen) atoms. The minimum absolute atomic E-state index is 0.172. The average molecular weight is 184 g/mol. The first-order valence-corrected chi connectivity index (χ1v) is 4.78. The summed E-state index contributed by atoms with van der Waals surface area (Å²) in [6.45, 7) is 2.19. The molecule has 0 rings (SSSR count). The lowest BCUT2D eigenvalue weighted by Crippen LogP contribution is -2.53. The third-order valence-electron chi connectivity index (χ3n) is 1.12. The van der Waals surface area contributed by atoms with Gasteiger partial charge in [0, 0.05) is 4.21 Å². The highest BCUT2D eigenvalue weighted by Gasteiger charge is 2.34. The molecule has 6 heteroatoms. The Labute approximate surface area is 67.5 Å². The van der Waals surface area contributed by atoms with E-state index >= 15 is 0 Å². The first-order chi connectivity index (χ1) is 5.12. The minimum atomic E-state index is -3.81. The molecule has 0 aliphatic carbocycles. The highest BCUT2D eigenvalue weighted by molar-refractivity contribution is 7.88. The maximum atomic E-state index is 10.5. The van der Waals surface area contributed by atoms with Crippen molar-refractivity contribution < 1.29 is 23.1 Å². The van der Waals surface area contributed by atoms with Gasteiger partial charge in [-0.3, -0.25) is 0 Å². The molecule has 0 aromatic carbocycles. The van der Waals surface area contributed by atoms with E-state index in [0.717, 1.165) is 19.3 Å². The van der Waals surface area contributed by atoms with Crippen molar-refractivity contribution in [2.45, 2.75) is 26.2 Å². The lowest BCUT2D eigenvalue weighted by Gasteiger charge is -1.94. The van der Waals surface area contributed by atoms with Crippen molar-refractivity contribution in [3.05, 3.63) is 0 Å². The van der Waals surface area contributed by atoms with Gasteiger partial charge in [0.2, 0.25) is 0 Å². The van der Waals surface area contributed by atoms with Gasteiger partial charge in [-0.15, -0.1) is 4.18 Å². The van der Waals surface area contributed by atoms with E-state index in [9.17, 15) is 8.76 Å². The molecule has 0 saturated carbocycles. The molecule has 0 aromatic rings. The van der Waals surface area contributed by atoms with Crippen LogP contribution in [0.25, 0.3) is 0 Å². The molecule has 0 aliphatic heterocycles. The van der Waals surface area contributed by atoms with Gasteiger partial charge in [0.15, 0.2) is 0 Å². The Morgan fingerprint density at radius 3 is 2.55 bits per heavy atom. The Kier molecular flexibility index (Phi) is 5.61. The summed E-state index contributed by atoms with van der Waals surface area (Å²) in [6, 6.07) is 0. The second-order valence-corrected chi connectivity index (χ2v) is 3.34. The molecule has 0 saturated heterocycles. The fourth-order valence-corrected chi connectivity index (χ4v) is 0.937. The molecular formula is C5H14NO4S+2. The van der Waals surface area contributed by atoms with Crippen LogP contribution in [0.2, 0.25) is 0 Å². The van der Waals surface area contributed by atoms with Crippen LogP contribution in [0.4, 0.5) is 0 Å². The van der Waals surface area contributed by atoms with Crippen molar-refractivity contribution in [1.82, 2.24) is 0 Å². The molecule has 1 radical (unpaired) electrons. The second-order valence-electron chi connectivity index (χ2n) is 2.06. The fraction of sp³-hybridized carbons (Fsp3) is 1.00. The quantitative estimate of drug-likeness (QED) is 0.359. The summed E-state index contributed by atoms with van der Waals surface area (Å²) in [7, 11) is -3.81. The Morgan fingerprint density at radius 2 is 2.09 bits per heavy atom. The fourth-order valence-electron chi connectivity index (χ4n) is 0.547. The second kappa shape index (κ2) is 5.62. The molecule has 5 nitrogen and oxygen atoms in total. The summed E-state index contributed by atoms with van der Waals surface area (Å²) < 4.78 is 29.1. The predicted octanol–water partition coefficient (Wildman–Crippen LogP) is 0.0417. The molecule has 0 fully saturated rings. The van der Waals surface area contributed by atoms with Crippen molar-refractivity contribution in [1.29, 1.82) is 0 Å². The Morgan fingerprint density at radius 1 is 1.45 bits per heavy atom. The van der Waals surface area contributed by atoms with E-state index in [1.54, 1.807) is 0 Å². The van der Waals surface area contributed by atoms with Crippen molar-refractivity contribution >= 4 is 10.8 Å². The molecule has 67 valence electrons. The molecule has 0 aromatic heterocycles. The minimum Gasteiger partial charge on any atom is -0.155 e. The number of rotatable bonds is 6. The van der Waals surface area contributed by atoms with Gasteiger partial charge in [-0.2, -0.15) is 5.90 Å². The SMILES string of the molecule is CCCCCO[S+]([O])(=O)O[NH3+]. The van der Waals surface area contributed by atoms with E-state index in [1.807, 2.05) is 6.92 Å². The zero-order valence-electron chi connectivity index (χ0n) is 6.58. The van der Waals surface area contributed by atoms with Gasteiger partial charge in [0.1, 0.15) is 11.2 Å². The third-order valence-corrected chi connectivity index (χ3v) is 1.86. The summed E-state index contributed by atoms with van der Waals surface area (Å²) in [5.41, 5.74) is 0. The van der Waals surface area contributed by atoms with Gasteiger partial charge < -0.3 is 0 Å². The number of quaternary nitrogens is 1. The van der Waals surface area contributed by atoms with Gasteiger partial charge in [-0.25, -0.2) is 0 Å². The summed E-state index contributed by atoms with van der Waals surface area (Å²) in [5.74, 6) is 2.74. The monoisotopic (exact) mass is 184 g/mol. The van der Waals surface area contributed by atoms with Crippen molar-refractivity contribution in [2.24, 2.45) is 0 Å². The maximum absolute atomic E-state index is 10.5. The van der Waals surface area contributed by atoms with Gasteiger partial charge in [0.25, 0.3) is 0 Å². The van der Waals surface area contributed by atoms with Crippen molar-refractivity contribution in [3.8, 4) is 0 Å². The number of unbranched alkanes of at least 4 members (excludes halogenated alkanes) is 2. The third kappa shape index (κ3) is 6.39. The summed E-state index contributed by atoms with van der Waals surface area (Å²) in [6.07, 6.45) is 2.69. The number of hydrogen-bond donors (Lipinski definition) is 1. The van der Waals surface area contributed by atoms with Crippen LogP contribution in [-0.2, 0) is 28.0 Å². The van der Waals surface area contributed by atoms with Crippen LogP contribution >= 0.6 is 0 Å². The van der Waals surface area contributed by atoms with Crippen LogP contribution in [0.5, 0.6) is 0 Å². The highest BCUT2D eigenvalue weighted by Crippen LogP contribution is 2.03. The molecule has 3 N–H and O–H groups in total. The zero-order chi connectivity index (χ0) is 8.74. The lowest BCUT2D eigenvalue weighted by atomic mass is 10.3. The number of hydrogen-bond acceptors (Lipinski definition) is 3. The van der Waals surface area contributed by atoms with Crippen LogP contribution in [0.1, 0.15) is 26.2 Å². The first-order valence-electron chi connectivity index (χ1n) is 3.45. The smallest absolute Gasteiger partial charge is 0.155 e. The Hall–Kier alpha value is -0.0100. The molecule has 0 heterocycles. The van der Waals surface area contributed by atoms with Crippen LogP contribution in [0.3, 0.4) is 0 Å². The largest absolute Gasteiger partial charge is 0.597 e. The van der Waals surface area contributed by atoms with Crippen molar-refractivity contribution in [2.75, 3.05) is 6.61 Å². The normalized spacial score (nSPS) is 16.3. The molecular weight excluding hydrogens is 170 g/mol. The predicted molar refractivity (Wildman–Crippen MR) is 38.2 cm³/mol. The van der Waals surface area contributed by atoms with Gasteiger partial charge in [0.05, 0.1) is 4.28 Å². The molecule has 1 unspecified atom stereocenters. The van der Waals surface area contributed by atoms with Gasteiger partial charge >= 0.3 is 10.8 Å². The van der Waals surface area contributed by atoms with E-state index in [4.69, 9.17) is 0 Å². The van der Waals surface area contributed by atoms with E-state index in [-0.39, 0.29) is 6.61 Å². The van der Waals surface area contributed by atoms with Crippen LogP contribution in [-0.4, -0.2) is 6.61 Å². The van der Waals surface area contributed by atoms with E-state index in [2.05, 4.69) is 14.4 Å². The summed E-state index contributed by atoms with van der Waals surface area (Å²) >= 11 is 0. The molecule has 0 spiro atoms. The zero-order valence-corrected chi connectivity index (χ0v) is 7.39. The average Bonchev–Trinajstić information content (AvgIpc) is 1.99. The maximum Gasteiger partial charge on any atom is 0.597 e. The van der Waals surface area contributed by atoms with E-state index in [1.165, 1.54) is 0 Å². The van der Waals surface area contributed by atoms with Crippen molar-refractivity contribution in [3.63, 3.8) is 0 Å². The van der Waals surface area contributed by atoms with Gasteiger partial charge in [-0.05, 0) is 6.42 Å². The first kappa shape index (κ1) is 11.0. The Balaban J connectivity index is 3.31. The standard InChI is InChI=1S/C5H14NO4S/c1-2-3-4-5-9-11(7,8)10-6/h2-5H2,1,6H3/q+2. The van der Waals surface area contributed by atoms with Crippen LogP contribution in [0.15, 0.2) is 0 Å². The summed E-state index contributed by atoms with van der Waals surface area (Å²) in [4.78, 5) is 0. The van der Waals surface area contributed by atoms with Crippen LogP contribution in [0, 0.1) is 0 Å². The Bertz CT molecular complexity index is 140. The van der Waals surface area contributed by atoms with E-state index < -0.39 is 10.8 Å². The van der Waals surface area contributed by atoms with E-state index in [0.29, 0.717) is 0 Å².